The Morgan fingerprint density at radius 3 is 2.08 bits per heavy atom. The first-order valence-corrected chi connectivity index (χ1v) is 11.3. The number of rotatable bonds is 6. The fourth-order valence-corrected chi connectivity index (χ4v) is 3.38. The maximum Gasteiger partial charge on any atom is 0.194 e. The second kappa shape index (κ2) is 7.50. The summed E-state index contributed by atoms with van der Waals surface area (Å²) in [5.41, 5.74) is 1.45. The first-order valence-electron chi connectivity index (χ1n) is 8.42. The third-order valence-corrected chi connectivity index (χ3v) is 9.28. The molecule has 134 valence electrons. The van der Waals surface area contributed by atoms with Crippen LogP contribution in [-0.4, -0.2) is 26.2 Å². The summed E-state index contributed by atoms with van der Waals surface area (Å²) in [5, 5.41) is 0.0124. The van der Waals surface area contributed by atoms with E-state index in [1.165, 1.54) is 0 Å². The van der Waals surface area contributed by atoms with Crippen LogP contribution in [0.3, 0.4) is 0 Å². The zero-order chi connectivity index (χ0) is 18.7. The van der Waals surface area contributed by atoms with E-state index >= 15 is 0 Å². The molecule has 2 rings (SSSR count). The van der Waals surface area contributed by atoms with E-state index < -0.39 is 14.4 Å². The smallest absolute Gasteiger partial charge is 0.194 e. The standard InChI is InChI=1S/C20H27NO3Si/c1-20(2,3)25(5,6)24-19(16-11-13-21-14-12-16)18(22)15-7-9-17(23-4)10-8-15/h7-14,19H,1-6H3. The molecule has 0 N–H and O–H groups in total. The molecule has 1 unspecified atom stereocenters. The monoisotopic (exact) mass is 357 g/mol. The molecule has 1 heterocycles. The highest BCUT2D eigenvalue weighted by molar-refractivity contribution is 6.74. The normalized spacial score (nSPS) is 13.4. The summed E-state index contributed by atoms with van der Waals surface area (Å²) in [7, 11) is -0.522. The minimum absolute atomic E-state index is 0.0124. The van der Waals surface area contributed by atoms with Gasteiger partial charge in [0.15, 0.2) is 14.1 Å². The van der Waals surface area contributed by atoms with Crippen molar-refractivity contribution in [1.29, 1.82) is 0 Å². The van der Waals surface area contributed by atoms with E-state index in [0.29, 0.717) is 5.56 Å². The van der Waals surface area contributed by atoms with Crippen LogP contribution in [0.2, 0.25) is 18.1 Å². The molecule has 0 saturated heterocycles. The minimum Gasteiger partial charge on any atom is -0.497 e. The largest absolute Gasteiger partial charge is 0.497 e. The summed E-state index contributed by atoms with van der Waals surface area (Å²) < 4.78 is 11.7. The highest BCUT2D eigenvalue weighted by Crippen LogP contribution is 2.40. The maximum absolute atomic E-state index is 13.2. The van der Waals surface area contributed by atoms with Gasteiger partial charge in [-0.3, -0.25) is 9.78 Å². The minimum atomic E-state index is -2.13. The highest BCUT2D eigenvalue weighted by Gasteiger charge is 2.41. The Bertz CT molecular complexity index is 706. The summed E-state index contributed by atoms with van der Waals surface area (Å²) in [6.07, 6.45) is 2.76. The summed E-state index contributed by atoms with van der Waals surface area (Å²) in [5.74, 6) is 0.681. The van der Waals surface area contributed by atoms with Crippen LogP contribution >= 0.6 is 0 Å². The van der Waals surface area contributed by atoms with Crippen molar-refractivity contribution in [2.75, 3.05) is 7.11 Å². The molecule has 0 saturated carbocycles. The zero-order valence-corrected chi connectivity index (χ0v) is 16.9. The molecule has 25 heavy (non-hydrogen) atoms. The molecule has 5 heteroatoms. The Morgan fingerprint density at radius 1 is 1.04 bits per heavy atom. The molecule has 1 aromatic heterocycles. The predicted molar refractivity (Wildman–Crippen MR) is 103 cm³/mol. The number of carbonyl (C=O) groups excluding carboxylic acids is 1. The fraction of sp³-hybridized carbons (Fsp3) is 0.400. The van der Waals surface area contributed by atoms with Gasteiger partial charge in [-0.25, -0.2) is 0 Å². The van der Waals surface area contributed by atoms with Gasteiger partial charge >= 0.3 is 0 Å². The van der Waals surface area contributed by atoms with Gasteiger partial charge in [0.05, 0.1) is 7.11 Å². The van der Waals surface area contributed by atoms with Crippen molar-refractivity contribution in [3.8, 4) is 5.75 Å². The molecular weight excluding hydrogens is 330 g/mol. The number of benzene rings is 1. The van der Waals surface area contributed by atoms with Crippen molar-refractivity contribution in [3.63, 3.8) is 0 Å². The number of nitrogens with zero attached hydrogens (tertiary/aromatic N) is 1. The molecule has 1 aromatic carbocycles. The summed E-state index contributed by atoms with van der Waals surface area (Å²) >= 11 is 0. The van der Waals surface area contributed by atoms with Crippen LogP contribution < -0.4 is 4.74 Å². The van der Waals surface area contributed by atoms with E-state index in [-0.39, 0.29) is 10.8 Å². The zero-order valence-electron chi connectivity index (χ0n) is 15.9. The number of hydrogen-bond donors (Lipinski definition) is 0. The van der Waals surface area contributed by atoms with Gasteiger partial charge in [-0.2, -0.15) is 0 Å². The van der Waals surface area contributed by atoms with Crippen LogP contribution in [0.25, 0.3) is 0 Å². The highest BCUT2D eigenvalue weighted by atomic mass is 28.4. The van der Waals surface area contributed by atoms with Crippen LogP contribution in [0.5, 0.6) is 5.75 Å². The molecule has 1 atom stereocenters. The average Bonchev–Trinajstić information content (AvgIpc) is 2.59. The van der Waals surface area contributed by atoms with Gasteiger partial charge < -0.3 is 9.16 Å². The number of Topliss-reactive ketones (excluding diaryl/α,β-unsaturated/α-hetero) is 1. The van der Waals surface area contributed by atoms with E-state index in [0.717, 1.165) is 11.3 Å². The summed E-state index contributed by atoms with van der Waals surface area (Å²) in [6.45, 7) is 10.8. The van der Waals surface area contributed by atoms with Gasteiger partial charge in [0.2, 0.25) is 0 Å². The Balaban J connectivity index is 2.39. The Hall–Kier alpha value is -1.98. The second-order valence-electron chi connectivity index (χ2n) is 7.63. The van der Waals surface area contributed by atoms with E-state index in [9.17, 15) is 4.79 Å². The van der Waals surface area contributed by atoms with Gasteiger partial charge in [-0.05, 0) is 60.1 Å². The number of hydrogen-bond acceptors (Lipinski definition) is 4. The quantitative estimate of drug-likeness (QED) is 0.537. The lowest BCUT2D eigenvalue weighted by Gasteiger charge is -2.39. The van der Waals surface area contributed by atoms with Crippen molar-refractivity contribution >= 4 is 14.1 Å². The fourth-order valence-electron chi connectivity index (χ4n) is 2.19. The van der Waals surface area contributed by atoms with Crippen LogP contribution in [-0.2, 0) is 4.43 Å². The van der Waals surface area contributed by atoms with Crippen molar-refractivity contribution in [2.45, 2.75) is 45.0 Å². The maximum atomic E-state index is 13.2. The predicted octanol–water partition coefficient (Wildman–Crippen LogP) is 5.04. The van der Waals surface area contributed by atoms with E-state index in [4.69, 9.17) is 9.16 Å². The molecular formula is C20H27NO3Si. The topological polar surface area (TPSA) is 48.4 Å². The number of ether oxygens (including phenoxy) is 1. The van der Waals surface area contributed by atoms with E-state index in [1.54, 1.807) is 43.8 Å². The third kappa shape index (κ3) is 4.55. The third-order valence-electron chi connectivity index (χ3n) is 4.84. The Labute approximate surface area is 151 Å². The van der Waals surface area contributed by atoms with E-state index in [1.807, 2.05) is 12.1 Å². The molecule has 0 spiro atoms. The summed E-state index contributed by atoms with van der Waals surface area (Å²) in [4.78, 5) is 17.2. The molecule has 2 aromatic rings. The molecule has 0 radical (unpaired) electrons. The molecule has 0 aliphatic heterocycles. The summed E-state index contributed by atoms with van der Waals surface area (Å²) in [6, 6.07) is 10.8. The van der Waals surface area contributed by atoms with Gasteiger partial charge in [0.1, 0.15) is 11.9 Å². The Morgan fingerprint density at radius 2 is 1.60 bits per heavy atom. The number of carbonyl (C=O) groups is 1. The van der Waals surface area contributed by atoms with Crippen LogP contribution in [0, 0.1) is 0 Å². The van der Waals surface area contributed by atoms with Gasteiger partial charge in [0.25, 0.3) is 0 Å². The van der Waals surface area contributed by atoms with Crippen LogP contribution in [0.1, 0.15) is 42.8 Å². The molecule has 0 aliphatic carbocycles. The average molecular weight is 358 g/mol. The van der Waals surface area contributed by atoms with Crippen LogP contribution in [0.4, 0.5) is 0 Å². The van der Waals surface area contributed by atoms with Gasteiger partial charge in [0, 0.05) is 18.0 Å². The van der Waals surface area contributed by atoms with E-state index in [2.05, 4.69) is 38.8 Å². The number of aromatic nitrogens is 1. The second-order valence-corrected chi connectivity index (χ2v) is 12.4. The molecule has 4 nitrogen and oxygen atoms in total. The van der Waals surface area contributed by atoms with Crippen molar-refractivity contribution < 1.29 is 14.0 Å². The van der Waals surface area contributed by atoms with Crippen molar-refractivity contribution in [2.24, 2.45) is 0 Å². The SMILES string of the molecule is COc1ccc(C(=O)C(O[Si](C)(C)C(C)(C)C)c2ccncc2)cc1. The lowest BCUT2D eigenvalue weighted by atomic mass is 10.0. The first kappa shape index (κ1) is 19.3. The molecule has 0 fully saturated rings. The lowest BCUT2D eigenvalue weighted by Crippen LogP contribution is -2.43. The van der Waals surface area contributed by atoms with Crippen molar-refractivity contribution in [1.82, 2.24) is 4.98 Å². The van der Waals surface area contributed by atoms with Gasteiger partial charge in [-0.1, -0.05) is 20.8 Å². The van der Waals surface area contributed by atoms with Crippen LogP contribution in [0.15, 0.2) is 48.8 Å². The lowest BCUT2D eigenvalue weighted by molar-refractivity contribution is 0.0767. The Kier molecular flexibility index (Phi) is 5.80. The molecule has 0 aliphatic rings. The first-order chi connectivity index (χ1) is 11.7. The van der Waals surface area contributed by atoms with Crippen molar-refractivity contribution in [3.05, 3.63) is 59.9 Å². The van der Waals surface area contributed by atoms with Gasteiger partial charge in [-0.15, -0.1) is 0 Å². The molecule has 0 bridgehead atoms. The molecule has 0 amide bonds. The number of ketones is 1. The number of pyridine rings is 1. The number of methoxy groups -OCH3 is 1.